The zero-order chi connectivity index (χ0) is 11.5. The monoisotopic (exact) mass is 227 g/mol. The fraction of sp³-hybridized carbons (Fsp3) is 0. The maximum atomic E-state index is 12.1. The Labute approximate surface area is 99.7 Å². The highest BCUT2D eigenvalue weighted by Gasteiger charge is 2.13. The fourth-order valence-electron chi connectivity index (χ4n) is 1.40. The minimum Gasteiger partial charge on any atom is -0.289 e. The molecular formula is C12H7BClNO. The average molecular weight is 227 g/mol. The summed E-state index contributed by atoms with van der Waals surface area (Å²) in [4.78, 5) is 16.0. The van der Waals surface area contributed by atoms with E-state index in [2.05, 4.69) is 4.98 Å². The Morgan fingerprint density at radius 1 is 1.12 bits per heavy atom. The standard InChI is InChI=1S/C12H7BClNO/c13-12-9(5-3-7-15-12)11(16)8-4-1-2-6-10(8)14/h1-7H. The van der Waals surface area contributed by atoms with Crippen LogP contribution in [0.1, 0.15) is 15.9 Å². The van der Waals surface area contributed by atoms with E-state index < -0.39 is 0 Å². The molecule has 0 saturated heterocycles. The number of hydrogen-bond donors (Lipinski definition) is 0. The van der Waals surface area contributed by atoms with Crippen LogP contribution in [0.25, 0.3) is 0 Å². The van der Waals surface area contributed by atoms with Gasteiger partial charge in [0.25, 0.3) is 0 Å². The Kier molecular flexibility index (Phi) is 3.06. The van der Waals surface area contributed by atoms with E-state index in [1.54, 1.807) is 42.6 Å². The number of carbonyl (C=O) groups excluding carboxylic acids is 1. The molecule has 2 radical (unpaired) electrons. The van der Waals surface area contributed by atoms with Gasteiger partial charge in [-0.2, -0.15) is 0 Å². The van der Waals surface area contributed by atoms with Gasteiger partial charge in [-0.25, -0.2) is 0 Å². The zero-order valence-electron chi connectivity index (χ0n) is 8.35. The molecule has 0 N–H and O–H groups in total. The van der Waals surface area contributed by atoms with Crippen molar-refractivity contribution < 1.29 is 4.79 Å². The van der Waals surface area contributed by atoms with Gasteiger partial charge in [0.2, 0.25) is 0 Å². The molecule has 0 aliphatic carbocycles. The summed E-state index contributed by atoms with van der Waals surface area (Å²) in [7, 11) is 5.63. The van der Waals surface area contributed by atoms with Crippen LogP contribution in [0.3, 0.4) is 0 Å². The van der Waals surface area contributed by atoms with Gasteiger partial charge >= 0.3 is 0 Å². The first-order chi connectivity index (χ1) is 7.70. The Bertz CT molecular complexity index is 495. The summed E-state index contributed by atoms with van der Waals surface area (Å²) in [5.74, 6) is -0.212. The Morgan fingerprint density at radius 2 is 1.81 bits per heavy atom. The lowest BCUT2D eigenvalue weighted by atomic mass is 9.92. The summed E-state index contributed by atoms with van der Waals surface area (Å²) in [6.07, 6.45) is 1.54. The van der Waals surface area contributed by atoms with E-state index in [1.165, 1.54) is 0 Å². The van der Waals surface area contributed by atoms with Crippen LogP contribution in [0, 0.1) is 0 Å². The first kappa shape index (κ1) is 10.9. The Balaban J connectivity index is 2.48. The molecule has 0 saturated carbocycles. The number of pyridine rings is 1. The number of halogens is 1. The van der Waals surface area contributed by atoms with Gasteiger partial charge in [-0.05, 0) is 29.9 Å². The smallest absolute Gasteiger partial charge is 0.195 e. The molecule has 76 valence electrons. The highest BCUT2D eigenvalue weighted by atomic mass is 35.5. The van der Waals surface area contributed by atoms with Crippen molar-refractivity contribution in [2.75, 3.05) is 0 Å². The van der Waals surface area contributed by atoms with Gasteiger partial charge in [0.1, 0.15) is 7.85 Å². The molecule has 4 heteroatoms. The van der Waals surface area contributed by atoms with Gasteiger partial charge in [-0.3, -0.25) is 9.78 Å². The summed E-state index contributed by atoms with van der Waals surface area (Å²) in [6, 6.07) is 10.2. The van der Waals surface area contributed by atoms with Gasteiger partial charge in [-0.1, -0.05) is 23.7 Å². The summed E-state index contributed by atoms with van der Waals surface area (Å²) >= 11 is 5.94. The largest absolute Gasteiger partial charge is 0.289 e. The third-order valence-electron chi connectivity index (χ3n) is 2.20. The number of hydrogen-bond acceptors (Lipinski definition) is 2. The Morgan fingerprint density at radius 3 is 2.50 bits per heavy atom. The number of benzene rings is 1. The van der Waals surface area contributed by atoms with Crippen molar-refractivity contribution in [2.45, 2.75) is 0 Å². The van der Waals surface area contributed by atoms with E-state index >= 15 is 0 Å². The van der Waals surface area contributed by atoms with Crippen LogP contribution in [0.15, 0.2) is 42.6 Å². The lowest BCUT2D eigenvalue weighted by molar-refractivity contribution is 0.103. The van der Waals surface area contributed by atoms with Crippen LogP contribution in [-0.4, -0.2) is 18.6 Å². The molecule has 1 aromatic heterocycles. The molecule has 2 rings (SSSR count). The molecule has 0 aliphatic rings. The van der Waals surface area contributed by atoms with E-state index in [1.807, 2.05) is 0 Å². The van der Waals surface area contributed by atoms with Crippen LogP contribution in [0.4, 0.5) is 0 Å². The maximum Gasteiger partial charge on any atom is 0.195 e. The zero-order valence-corrected chi connectivity index (χ0v) is 9.11. The number of nitrogens with zero attached hydrogens (tertiary/aromatic N) is 1. The molecular weight excluding hydrogens is 220 g/mol. The summed E-state index contributed by atoms with van der Waals surface area (Å²) in [5, 5.41) is 0.413. The minimum absolute atomic E-state index is 0.212. The quantitative estimate of drug-likeness (QED) is 0.578. The highest BCUT2D eigenvalue weighted by Crippen LogP contribution is 2.17. The molecule has 2 nitrogen and oxygen atoms in total. The van der Waals surface area contributed by atoms with Gasteiger partial charge in [0.15, 0.2) is 5.78 Å². The number of carbonyl (C=O) groups is 1. The predicted molar refractivity (Wildman–Crippen MR) is 64.5 cm³/mol. The van der Waals surface area contributed by atoms with Crippen molar-refractivity contribution in [1.29, 1.82) is 0 Å². The second-order valence-corrected chi connectivity index (χ2v) is 3.65. The van der Waals surface area contributed by atoms with E-state index in [-0.39, 0.29) is 11.4 Å². The first-order valence-corrected chi connectivity index (χ1v) is 5.07. The van der Waals surface area contributed by atoms with E-state index in [0.717, 1.165) is 0 Å². The third-order valence-corrected chi connectivity index (χ3v) is 2.53. The molecule has 2 aromatic rings. The third kappa shape index (κ3) is 2.00. The van der Waals surface area contributed by atoms with E-state index in [0.29, 0.717) is 16.1 Å². The molecule has 0 atom stereocenters. The van der Waals surface area contributed by atoms with Crippen molar-refractivity contribution >= 4 is 30.8 Å². The van der Waals surface area contributed by atoms with Crippen LogP contribution < -0.4 is 5.59 Å². The molecule has 0 unspecified atom stereocenters. The van der Waals surface area contributed by atoms with Crippen molar-refractivity contribution in [1.82, 2.24) is 4.98 Å². The fourth-order valence-corrected chi connectivity index (χ4v) is 1.62. The summed E-state index contributed by atoms with van der Waals surface area (Å²) in [5.41, 5.74) is 1.02. The van der Waals surface area contributed by atoms with Gasteiger partial charge < -0.3 is 0 Å². The SMILES string of the molecule is [B]c1ncccc1C(=O)c1ccccc1Cl. The topological polar surface area (TPSA) is 30.0 Å². The number of rotatable bonds is 2. The predicted octanol–water partition coefficient (Wildman–Crippen LogP) is 1.76. The van der Waals surface area contributed by atoms with Gasteiger partial charge in [0, 0.05) is 17.3 Å². The van der Waals surface area contributed by atoms with E-state index in [4.69, 9.17) is 19.4 Å². The number of aromatic nitrogens is 1. The second-order valence-electron chi connectivity index (χ2n) is 3.25. The van der Waals surface area contributed by atoms with Crippen LogP contribution in [0.5, 0.6) is 0 Å². The molecule has 1 heterocycles. The molecule has 0 fully saturated rings. The van der Waals surface area contributed by atoms with Crippen molar-refractivity contribution in [3.05, 3.63) is 58.7 Å². The molecule has 1 aromatic carbocycles. The van der Waals surface area contributed by atoms with Crippen molar-refractivity contribution in [3.63, 3.8) is 0 Å². The number of ketones is 1. The lowest BCUT2D eigenvalue weighted by Gasteiger charge is -2.05. The highest BCUT2D eigenvalue weighted by molar-refractivity contribution is 6.39. The minimum atomic E-state index is -0.212. The molecule has 0 aliphatic heterocycles. The normalized spacial score (nSPS) is 10.1. The summed E-state index contributed by atoms with van der Waals surface area (Å²) < 4.78 is 0. The molecule has 0 spiro atoms. The van der Waals surface area contributed by atoms with Crippen molar-refractivity contribution in [2.24, 2.45) is 0 Å². The maximum absolute atomic E-state index is 12.1. The van der Waals surface area contributed by atoms with Gasteiger partial charge in [0.05, 0.1) is 5.02 Å². The van der Waals surface area contributed by atoms with Crippen LogP contribution in [0.2, 0.25) is 5.02 Å². The second kappa shape index (κ2) is 4.50. The summed E-state index contributed by atoms with van der Waals surface area (Å²) in [6.45, 7) is 0. The van der Waals surface area contributed by atoms with Crippen LogP contribution in [-0.2, 0) is 0 Å². The molecule has 0 amide bonds. The Hall–Kier alpha value is -1.61. The van der Waals surface area contributed by atoms with Gasteiger partial charge in [-0.15, -0.1) is 0 Å². The van der Waals surface area contributed by atoms with Crippen LogP contribution >= 0.6 is 11.6 Å². The average Bonchev–Trinajstić information content (AvgIpc) is 2.29. The first-order valence-electron chi connectivity index (χ1n) is 4.70. The lowest BCUT2D eigenvalue weighted by Crippen LogP contribution is -2.19. The van der Waals surface area contributed by atoms with E-state index in [9.17, 15) is 4.79 Å². The molecule has 0 bridgehead atoms. The van der Waals surface area contributed by atoms with Crippen molar-refractivity contribution in [3.8, 4) is 0 Å². The molecule has 16 heavy (non-hydrogen) atoms.